The van der Waals surface area contributed by atoms with Crippen LogP contribution in [-0.4, -0.2) is 22.4 Å². The van der Waals surface area contributed by atoms with Crippen LogP contribution in [0.2, 0.25) is 0 Å². The molecule has 0 bridgehead atoms. The molecule has 0 unspecified atom stereocenters. The molecule has 1 heterocycles. The average molecular weight is 413 g/mol. The number of rotatable bonds is 4. The van der Waals surface area contributed by atoms with Gasteiger partial charge < -0.3 is 10.8 Å². The van der Waals surface area contributed by atoms with E-state index in [1.807, 2.05) is 44.2 Å². The zero-order chi connectivity index (χ0) is 22.1. The fourth-order valence-electron chi connectivity index (χ4n) is 3.35. The third kappa shape index (κ3) is 3.85. The molecule has 7 nitrogen and oxygen atoms in total. The van der Waals surface area contributed by atoms with Gasteiger partial charge in [-0.1, -0.05) is 30.3 Å². The third-order valence-electron chi connectivity index (χ3n) is 5.24. The molecule has 4 rings (SSSR count). The summed E-state index contributed by atoms with van der Waals surface area (Å²) in [4.78, 5) is 12.9. The normalized spacial score (nSPS) is 14.8. The minimum atomic E-state index is -0.334. The molecule has 3 aromatic carbocycles. The van der Waals surface area contributed by atoms with Gasteiger partial charge >= 0.3 is 5.91 Å². The number of hydrazone groups is 2. The highest BCUT2D eigenvalue weighted by Gasteiger charge is 2.31. The quantitative estimate of drug-likeness (QED) is 0.334. The summed E-state index contributed by atoms with van der Waals surface area (Å²) in [6.07, 6.45) is 0. The molecule has 0 atom stereocenters. The van der Waals surface area contributed by atoms with Crippen LogP contribution >= 0.6 is 0 Å². The predicted molar refractivity (Wildman–Crippen MR) is 126 cm³/mol. The highest BCUT2D eigenvalue weighted by Crippen LogP contribution is 2.36. The number of carbonyl (C=O) groups is 1. The number of amides is 1. The summed E-state index contributed by atoms with van der Waals surface area (Å²) in [6.45, 7) is 5.73. The van der Waals surface area contributed by atoms with Gasteiger partial charge in [-0.05, 0) is 67.8 Å². The van der Waals surface area contributed by atoms with E-state index in [1.165, 1.54) is 5.01 Å². The summed E-state index contributed by atoms with van der Waals surface area (Å²) < 4.78 is 0. The molecule has 0 aliphatic carbocycles. The van der Waals surface area contributed by atoms with Crippen molar-refractivity contribution in [1.82, 2.24) is 0 Å². The van der Waals surface area contributed by atoms with Crippen LogP contribution in [0, 0.1) is 13.8 Å². The van der Waals surface area contributed by atoms with Gasteiger partial charge in [0.25, 0.3) is 0 Å². The lowest BCUT2D eigenvalue weighted by Crippen LogP contribution is -2.28. The lowest BCUT2D eigenvalue weighted by molar-refractivity contribution is -0.112. The van der Waals surface area contributed by atoms with E-state index in [-0.39, 0.29) is 17.4 Å². The molecule has 0 aromatic heterocycles. The summed E-state index contributed by atoms with van der Waals surface area (Å²) in [5.74, 6) is -0.316. The summed E-state index contributed by atoms with van der Waals surface area (Å²) in [5, 5.41) is 20.7. The number of benzene rings is 3. The molecule has 4 N–H and O–H groups in total. The summed E-state index contributed by atoms with van der Waals surface area (Å²) >= 11 is 0. The Balaban J connectivity index is 1.60. The van der Waals surface area contributed by atoms with Crippen molar-refractivity contribution < 1.29 is 9.90 Å². The summed E-state index contributed by atoms with van der Waals surface area (Å²) in [7, 11) is 0. The first-order valence-corrected chi connectivity index (χ1v) is 9.84. The fraction of sp³-hybridized carbons (Fsp3) is 0.125. The Bertz CT molecular complexity index is 1250. The van der Waals surface area contributed by atoms with E-state index in [0.29, 0.717) is 28.3 Å². The van der Waals surface area contributed by atoms with Crippen molar-refractivity contribution >= 4 is 34.4 Å². The van der Waals surface area contributed by atoms with Crippen molar-refractivity contribution in [3.8, 4) is 16.9 Å². The number of hydrogen-bond acceptors (Lipinski definition) is 6. The van der Waals surface area contributed by atoms with E-state index < -0.39 is 0 Å². The van der Waals surface area contributed by atoms with Gasteiger partial charge in [0.2, 0.25) is 0 Å². The molecule has 0 saturated carbocycles. The SMILES string of the molecule is CC1=NN(c2ccc(C)c(C)c2)C(=O)/C1=N\Nc1cccc(-c2cccc(N)c2)c1O. The van der Waals surface area contributed by atoms with Gasteiger partial charge in [0.05, 0.1) is 17.1 Å². The second kappa shape index (κ2) is 7.95. The summed E-state index contributed by atoms with van der Waals surface area (Å²) in [6, 6.07) is 18.2. The van der Waals surface area contributed by atoms with E-state index in [9.17, 15) is 9.90 Å². The van der Waals surface area contributed by atoms with Crippen molar-refractivity contribution in [2.24, 2.45) is 10.2 Å². The number of nitrogens with one attached hydrogen (secondary N) is 1. The van der Waals surface area contributed by atoms with Gasteiger partial charge in [0.1, 0.15) is 5.75 Å². The maximum absolute atomic E-state index is 12.9. The molecule has 0 fully saturated rings. The number of carbonyl (C=O) groups excluding carboxylic acids is 1. The maximum Gasteiger partial charge on any atom is 0.301 e. The van der Waals surface area contributed by atoms with Crippen LogP contribution < -0.4 is 16.2 Å². The molecule has 0 spiro atoms. The van der Waals surface area contributed by atoms with Gasteiger partial charge in [0.15, 0.2) is 5.71 Å². The number of nitrogen functional groups attached to an aromatic ring is 1. The van der Waals surface area contributed by atoms with Crippen molar-refractivity contribution in [2.45, 2.75) is 20.8 Å². The van der Waals surface area contributed by atoms with E-state index >= 15 is 0 Å². The Morgan fingerprint density at radius 2 is 1.77 bits per heavy atom. The van der Waals surface area contributed by atoms with Crippen LogP contribution in [0.4, 0.5) is 17.1 Å². The van der Waals surface area contributed by atoms with E-state index in [2.05, 4.69) is 15.6 Å². The monoisotopic (exact) mass is 413 g/mol. The molecular weight excluding hydrogens is 390 g/mol. The molecule has 0 saturated heterocycles. The number of hydrogen-bond donors (Lipinski definition) is 3. The van der Waals surface area contributed by atoms with Crippen molar-refractivity contribution in [3.05, 3.63) is 71.8 Å². The Morgan fingerprint density at radius 3 is 2.52 bits per heavy atom. The minimum Gasteiger partial charge on any atom is -0.505 e. The zero-order valence-corrected chi connectivity index (χ0v) is 17.5. The lowest BCUT2D eigenvalue weighted by Gasteiger charge is -2.13. The number of anilines is 3. The second-order valence-electron chi connectivity index (χ2n) is 7.47. The smallest absolute Gasteiger partial charge is 0.301 e. The predicted octanol–water partition coefficient (Wildman–Crippen LogP) is 4.45. The summed E-state index contributed by atoms with van der Waals surface area (Å²) in [5.41, 5.74) is 14.6. The Kier molecular flexibility index (Phi) is 5.17. The third-order valence-corrected chi connectivity index (χ3v) is 5.24. The molecule has 1 aliphatic rings. The van der Waals surface area contributed by atoms with Crippen LogP contribution in [0.5, 0.6) is 5.75 Å². The van der Waals surface area contributed by atoms with E-state index in [0.717, 1.165) is 16.7 Å². The molecular formula is C24H23N5O2. The van der Waals surface area contributed by atoms with Crippen LogP contribution in [0.15, 0.2) is 70.9 Å². The molecule has 1 amide bonds. The fourth-order valence-corrected chi connectivity index (χ4v) is 3.35. The topological polar surface area (TPSA) is 103 Å². The molecule has 31 heavy (non-hydrogen) atoms. The first-order chi connectivity index (χ1) is 14.8. The first-order valence-electron chi connectivity index (χ1n) is 9.84. The highest BCUT2D eigenvalue weighted by atomic mass is 16.3. The van der Waals surface area contributed by atoms with Crippen molar-refractivity contribution in [3.63, 3.8) is 0 Å². The number of aryl methyl sites for hydroxylation is 2. The first kappa shape index (κ1) is 20.2. The number of phenols is 1. The van der Waals surface area contributed by atoms with Crippen LogP contribution in [-0.2, 0) is 4.79 Å². The maximum atomic E-state index is 12.9. The van der Waals surface area contributed by atoms with E-state index in [1.54, 1.807) is 37.3 Å². The lowest BCUT2D eigenvalue weighted by atomic mass is 10.0. The number of para-hydroxylation sites is 1. The average Bonchev–Trinajstić information content (AvgIpc) is 3.03. The molecule has 1 aliphatic heterocycles. The van der Waals surface area contributed by atoms with E-state index in [4.69, 9.17) is 5.73 Å². The molecule has 0 radical (unpaired) electrons. The molecule has 156 valence electrons. The van der Waals surface area contributed by atoms with Gasteiger partial charge in [0, 0.05) is 11.3 Å². The number of nitrogens with zero attached hydrogens (tertiary/aromatic N) is 3. The van der Waals surface area contributed by atoms with Crippen LogP contribution in [0.1, 0.15) is 18.1 Å². The minimum absolute atomic E-state index is 0.0171. The Hall–Kier alpha value is -4.13. The second-order valence-corrected chi connectivity index (χ2v) is 7.47. The Morgan fingerprint density at radius 1 is 1.00 bits per heavy atom. The zero-order valence-electron chi connectivity index (χ0n) is 17.5. The Labute approximate surface area is 180 Å². The standard InChI is InChI=1S/C24H23N5O2/c1-14-10-11-19(12-15(14)2)29-24(31)22(16(3)28-29)27-26-21-9-5-8-20(23(21)30)17-6-4-7-18(25)13-17/h4-13,26,30H,25H2,1-3H3/b27-22-. The van der Waals surface area contributed by atoms with Crippen molar-refractivity contribution in [1.29, 1.82) is 0 Å². The molecule has 3 aromatic rings. The van der Waals surface area contributed by atoms with Gasteiger partial charge in [-0.25, -0.2) is 0 Å². The van der Waals surface area contributed by atoms with Crippen LogP contribution in [0.25, 0.3) is 11.1 Å². The number of nitrogens with two attached hydrogens (primary N) is 1. The van der Waals surface area contributed by atoms with Gasteiger partial charge in [-0.2, -0.15) is 15.2 Å². The van der Waals surface area contributed by atoms with Crippen molar-refractivity contribution in [2.75, 3.05) is 16.2 Å². The van der Waals surface area contributed by atoms with Gasteiger partial charge in [-0.15, -0.1) is 0 Å². The van der Waals surface area contributed by atoms with Gasteiger partial charge in [-0.3, -0.25) is 10.2 Å². The number of phenolic OH excluding ortho intramolecular Hbond substituents is 1. The van der Waals surface area contributed by atoms with Crippen LogP contribution in [0.3, 0.4) is 0 Å². The number of aromatic hydroxyl groups is 1. The highest BCUT2D eigenvalue weighted by molar-refractivity contribution is 6.71. The largest absolute Gasteiger partial charge is 0.505 e. The molecule has 7 heteroatoms.